The first-order valence-electron chi connectivity index (χ1n) is 6.68. The summed E-state index contributed by atoms with van der Waals surface area (Å²) in [6, 6.07) is 2.04. The summed E-state index contributed by atoms with van der Waals surface area (Å²) in [7, 11) is 0. The number of anilines is 1. The summed E-state index contributed by atoms with van der Waals surface area (Å²) in [5.41, 5.74) is 0.724. The van der Waals surface area contributed by atoms with Crippen LogP contribution in [0.3, 0.4) is 0 Å². The van der Waals surface area contributed by atoms with Gasteiger partial charge in [-0.15, -0.1) is 10.2 Å². The Balaban J connectivity index is 2.08. The van der Waals surface area contributed by atoms with Crippen LogP contribution in [0.4, 0.5) is 5.69 Å². The zero-order valence-corrected chi connectivity index (χ0v) is 12.8. The van der Waals surface area contributed by atoms with E-state index < -0.39 is 0 Å². The summed E-state index contributed by atoms with van der Waals surface area (Å²) in [6.45, 7) is 5.11. The highest BCUT2D eigenvalue weighted by Crippen LogP contribution is 2.33. The largest absolute Gasteiger partial charge is 0.379 e. The molecular formula is C13H19Cl2N3O. The molecule has 19 heavy (non-hydrogen) atoms. The van der Waals surface area contributed by atoms with Crippen molar-refractivity contribution in [3.8, 4) is 0 Å². The molecule has 0 spiro atoms. The van der Waals surface area contributed by atoms with E-state index in [-0.39, 0.29) is 5.60 Å². The molecular weight excluding hydrogens is 285 g/mol. The van der Waals surface area contributed by atoms with Crippen molar-refractivity contribution in [3.05, 3.63) is 16.4 Å². The van der Waals surface area contributed by atoms with Crippen LogP contribution < -0.4 is 5.32 Å². The molecule has 0 bridgehead atoms. The van der Waals surface area contributed by atoms with Crippen LogP contribution in [0, 0.1) is 0 Å². The highest BCUT2D eigenvalue weighted by atomic mass is 35.5. The molecule has 1 aromatic rings. The summed E-state index contributed by atoms with van der Waals surface area (Å²) >= 11 is 11.9. The molecule has 1 aliphatic rings. The van der Waals surface area contributed by atoms with Crippen LogP contribution in [0.15, 0.2) is 6.07 Å². The Hall–Kier alpha value is -0.580. The van der Waals surface area contributed by atoms with E-state index in [0.29, 0.717) is 16.3 Å². The van der Waals surface area contributed by atoms with Crippen molar-refractivity contribution >= 4 is 28.9 Å². The van der Waals surface area contributed by atoms with E-state index in [1.165, 1.54) is 0 Å². The second-order valence-corrected chi connectivity index (χ2v) is 5.69. The fourth-order valence-electron chi connectivity index (χ4n) is 2.57. The number of rotatable bonds is 4. The van der Waals surface area contributed by atoms with Gasteiger partial charge in [-0.05, 0) is 25.7 Å². The van der Waals surface area contributed by atoms with Crippen molar-refractivity contribution in [1.29, 1.82) is 0 Å². The Morgan fingerprint density at radius 2 is 2.11 bits per heavy atom. The lowest BCUT2D eigenvalue weighted by molar-refractivity contribution is -0.0864. The Kier molecular flexibility index (Phi) is 4.87. The first-order valence-corrected chi connectivity index (χ1v) is 7.43. The van der Waals surface area contributed by atoms with Crippen molar-refractivity contribution in [1.82, 2.24) is 10.2 Å². The second-order valence-electron chi connectivity index (χ2n) is 4.94. The molecule has 1 aromatic heterocycles. The van der Waals surface area contributed by atoms with Gasteiger partial charge in [0.1, 0.15) is 0 Å². The van der Waals surface area contributed by atoms with Crippen molar-refractivity contribution in [2.45, 2.75) is 51.2 Å². The number of hydrogen-bond donors (Lipinski definition) is 1. The normalized spacial score (nSPS) is 22.2. The van der Waals surface area contributed by atoms with E-state index in [4.69, 9.17) is 27.9 Å². The second kappa shape index (κ2) is 6.25. The first-order chi connectivity index (χ1) is 9.08. The Morgan fingerprint density at radius 3 is 2.79 bits per heavy atom. The van der Waals surface area contributed by atoms with Crippen LogP contribution in [0.2, 0.25) is 10.3 Å². The van der Waals surface area contributed by atoms with Gasteiger partial charge in [0.2, 0.25) is 0 Å². The van der Waals surface area contributed by atoms with E-state index in [9.17, 15) is 0 Å². The fourth-order valence-corrected chi connectivity index (χ4v) is 2.86. The number of ether oxygens (including phenoxy) is 1. The fraction of sp³-hybridized carbons (Fsp3) is 0.692. The molecule has 2 heterocycles. The van der Waals surface area contributed by atoms with Crippen LogP contribution in [0.5, 0.6) is 0 Å². The van der Waals surface area contributed by atoms with Crippen LogP contribution in [-0.2, 0) is 4.74 Å². The summed E-state index contributed by atoms with van der Waals surface area (Å²) in [6.07, 6.45) is 3.96. The van der Waals surface area contributed by atoms with E-state index in [1.54, 1.807) is 6.07 Å². The molecule has 4 nitrogen and oxygen atoms in total. The maximum atomic E-state index is 6.03. The molecule has 1 unspecified atom stereocenters. The van der Waals surface area contributed by atoms with Gasteiger partial charge in [-0.3, -0.25) is 0 Å². The lowest BCUT2D eigenvalue weighted by Crippen LogP contribution is -2.43. The lowest BCUT2D eigenvalue weighted by atomic mass is 9.86. The third kappa shape index (κ3) is 3.50. The lowest BCUT2D eigenvalue weighted by Gasteiger charge is -2.40. The van der Waals surface area contributed by atoms with Gasteiger partial charge < -0.3 is 10.1 Å². The minimum absolute atomic E-state index is 0.0212. The molecule has 6 heteroatoms. The molecule has 0 aliphatic carbocycles. The Labute approximate surface area is 123 Å². The van der Waals surface area contributed by atoms with Gasteiger partial charge in [-0.2, -0.15) is 0 Å². The smallest absolute Gasteiger partial charge is 0.174 e. The van der Waals surface area contributed by atoms with Gasteiger partial charge in [0.25, 0.3) is 0 Å². The van der Waals surface area contributed by atoms with Gasteiger partial charge in [-0.25, -0.2) is 0 Å². The summed E-state index contributed by atoms with van der Waals surface area (Å²) in [5.74, 6) is 0. The average Bonchev–Trinajstić information content (AvgIpc) is 2.43. The predicted octanol–water partition coefficient (Wildman–Crippen LogP) is 3.93. The minimum atomic E-state index is -0.0212. The van der Waals surface area contributed by atoms with Crippen molar-refractivity contribution in [2.24, 2.45) is 0 Å². The van der Waals surface area contributed by atoms with Gasteiger partial charge in [-0.1, -0.05) is 37.0 Å². The number of nitrogens with one attached hydrogen (secondary N) is 1. The van der Waals surface area contributed by atoms with Crippen molar-refractivity contribution in [3.63, 3.8) is 0 Å². The third-order valence-corrected chi connectivity index (χ3v) is 4.32. The molecule has 1 N–H and O–H groups in total. The zero-order chi connectivity index (χ0) is 13.9. The average molecular weight is 304 g/mol. The highest BCUT2D eigenvalue weighted by Gasteiger charge is 2.34. The Bertz CT molecular complexity index is 438. The van der Waals surface area contributed by atoms with Crippen molar-refractivity contribution in [2.75, 3.05) is 11.9 Å². The molecule has 106 valence electrons. The van der Waals surface area contributed by atoms with Crippen LogP contribution in [0.1, 0.15) is 39.5 Å². The maximum Gasteiger partial charge on any atom is 0.174 e. The van der Waals surface area contributed by atoms with Gasteiger partial charge >= 0.3 is 0 Å². The molecule has 0 amide bonds. The molecule has 1 fully saturated rings. The molecule has 0 saturated carbocycles. The topological polar surface area (TPSA) is 47.0 Å². The minimum Gasteiger partial charge on any atom is -0.379 e. The maximum absolute atomic E-state index is 6.03. The molecule has 2 rings (SSSR count). The molecule has 0 radical (unpaired) electrons. The SMILES string of the molecule is CCC1(CC)CC(Nc2cc(Cl)nnc2Cl)CCO1. The van der Waals surface area contributed by atoms with Crippen LogP contribution >= 0.6 is 23.2 Å². The number of nitrogens with zero attached hydrogens (tertiary/aromatic N) is 2. The summed E-state index contributed by atoms with van der Waals surface area (Å²) < 4.78 is 5.96. The van der Waals surface area contributed by atoms with E-state index in [0.717, 1.165) is 38.0 Å². The molecule has 0 aromatic carbocycles. The van der Waals surface area contributed by atoms with Gasteiger partial charge in [0, 0.05) is 18.7 Å². The molecule has 1 aliphatic heterocycles. The van der Waals surface area contributed by atoms with Crippen LogP contribution in [0.25, 0.3) is 0 Å². The standard InChI is InChI=1S/C13H19Cl2N3O/c1-3-13(4-2)8-9(5-6-19-13)16-10-7-11(14)17-18-12(10)15/h7,9H,3-6,8H2,1-2H3,(H,16,17). The Morgan fingerprint density at radius 1 is 1.37 bits per heavy atom. The third-order valence-electron chi connectivity index (χ3n) is 3.86. The van der Waals surface area contributed by atoms with Crippen molar-refractivity contribution < 1.29 is 4.74 Å². The number of hydrogen-bond acceptors (Lipinski definition) is 4. The summed E-state index contributed by atoms with van der Waals surface area (Å²) in [5, 5.41) is 11.6. The van der Waals surface area contributed by atoms with E-state index >= 15 is 0 Å². The monoisotopic (exact) mass is 303 g/mol. The molecule has 1 saturated heterocycles. The zero-order valence-electron chi connectivity index (χ0n) is 11.2. The van der Waals surface area contributed by atoms with E-state index in [2.05, 4.69) is 29.4 Å². The predicted molar refractivity (Wildman–Crippen MR) is 78.0 cm³/mol. The summed E-state index contributed by atoms with van der Waals surface area (Å²) in [4.78, 5) is 0. The first kappa shape index (κ1) is 14.8. The molecule has 1 atom stereocenters. The van der Waals surface area contributed by atoms with Gasteiger partial charge in [0.05, 0.1) is 11.3 Å². The number of halogens is 2. The van der Waals surface area contributed by atoms with Crippen LogP contribution in [-0.4, -0.2) is 28.4 Å². The van der Waals surface area contributed by atoms with E-state index in [1.807, 2.05) is 0 Å². The quantitative estimate of drug-likeness (QED) is 0.915. The van der Waals surface area contributed by atoms with Gasteiger partial charge in [0.15, 0.2) is 10.3 Å². The number of aromatic nitrogens is 2. The highest BCUT2D eigenvalue weighted by molar-refractivity contribution is 6.33.